The number of aliphatic hydroxyl groups excluding tert-OH is 1. The molecule has 1 N–H and O–H groups in total. The Balaban J connectivity index is 1.93. The molecule has 1 fully saturated rings. The van der Waals surface area contributed by atoms with Gasteiger partial charge in [-0.3, -0.25) is 24.6 Å². The summed E-state index contributed by atoms with van der Waals surface area (Å²) in [6.45, 7) is 0. The number of carbonyl (C=O) groups is 2. The lowest BCUT2D eigenvalue weighted by atomic mass is 9.95. The van der Waals surface area contributed by atoms with Crippen LogP contribution in [0.4, 0.5) is 11.4 Å². The summed E-state index contributed by atoms with van der Waals surface area (Å²) in [5.41, 5.74) is 0.998. The van der Waals surface area contributed by atoms with Crippen LogP contribution in [0.2, 0.25) is 5.02 Å². The SMILES string of the molecule is O=C1C(=O)N(c2ccc(Cl)cc2)[C@H](c2ccc([N+](=O)[O-])cc2)C1=C(O)c1ccccc1. The third-order valence-corrected chi connectivity index (χ3v) is 5.27. The quantitative estimate of drug-likeness (QED) is 0.207. The van der Waals surface area contributed by atoms with Crippen molar-refractivity contribution in [3.63, 3.8) is 0 Å². The zero-order chi connectivity index (χ0) is 22.1. The minimum Gasteiger partial charge on any atom is -0.507 e. The first-order chi connectivity index (χ1) is 14.9. The van der Waals surface area contributed by atoms with Crippen LogP contribution >= 0.6 is 11.6 Å². The highest BCUT2D eigenvalue weighted by atomic mass is 35.5. The number of anilines is 1. The summed E-state index contributed by atoms with van der Waals surface area (Å²) in [6, 6.07) is 19.3. The topological polar surface area (TPSA) is 101 Å². The van der Waals surface area contributed by atoms with E-state index in [4.69, 9.17) is 11.6 Å². The number of hydrogen-bond donors (Lipinski definition) is 1. The molecule has 0 spiro atoms. The van der Waals surface area contributed by atoms with Crippen LogP contribution in [-0.2, 0) is 9.59 Å². The highest BCUT2D eigenvalue weighted by Crippen LogP contribution is 2.42. The van der Waals surface area contributed by atoms with E-state index in [9.17, 15) is 24.8 Å². The Morgan fingerprint density at radius 1 is 0.935 bits per heavy atom. The number of hydrogen-bond acceptors (Lipinski definition) is 5. The van der Waals surface area contributed by atoms with Gasteiger partial charge in [-0.2, -0.15) is 0 Å². The molecule has 0 aromatic heterocycles. The molecule has 0 saturated carbocycles. The number of non-ortho nitro benzene ring substituents is 1. The molecule has 31 heavy (non-hydrogen) atoms. The van der Waals surface area contributed by atoms with Gasteiger partial charge in [-0.25, -0.2) is 0 Å². The molecule has 1 aliphatic heterocycles. The molecule has 3 aromatic rings. The van der Waals surface area contributed by atoms with E-state index in [2.05, 4.69) is 0 Å². The highest BCUT2D eigenvalue weighted by Gasteiger charge is 2.47. The van der Waals surface area contributed by atoms with Gasteiger partial charge in [0.1, 0.15) is 5.76 Å². The van der Waals surface area contributed by atoms with Crippen LogP contribution in [0, 0.1) is 10.1 Å². The molecule has 1 atom stereocenters. The molecule has 3 aromatic carbocycles. The number of nitro benzene ring substituents is 1. The lowest BCUT2D eigenvalue weighted by Gasteiger charge is -2.25. The summed E-state index contributed by atoms with van der Waals surface area (Å²) in [4.78, 5) is 37.7. The third-order valence-electron chi connectivity index (χ3n) is 5.02. The van der Waals surface area contributed by atoms with E-state index in [1.54, 1.807) is 54.6 Å². The fourth-order valence-electron chi connectivity index (χ4n) is 3.55. The summed E-state index contributed by atoms with van der Waals surface area (Å²) in [5, 5.41) is 22.4. The van der Waals surface area contributed by atoms with Gasteiger partial charge in [0.15, 0.2) is 0 Å². The Bertz CT molecular complexity index is 1200. The monoisotopic (exact) mass is 434 g/mol. The largest absolute Gasteiger partial charge is 0.507 e. The van der Waals surface area contributed by atoms with E-state index in [0.717, 1.165) is 0 Å². The zero-order valence-corrected chi connectivity index (χ0v) is 16.7. The smallest absolute Gasteiger partial charge is 0.300 e. The summed E-state index contributed by atoms with van der Waals surface area (Å²) in [5.74, 6) is -1.98. The van der Waals surface area contributed by atoms with Crippen molar-refractivity contribution in [2.75, 3.05) is 4.90 Å². The van der Waals surface area contributed by atoms with Gasteiger partial charge in [-0.15, -0.1) is 0 Å². The summed E-state index contributed by atoms with van der Waals surface area (Å²) < 4.78 is 0. The van der Waals surface area contributed by atoms with E-state index in [1.807, 2.05) is 0 Å². The molecule has 0 unspecified atom stereocenters. The van der Waals surface area contributed by atoms with E-state index >= 15 is 0 Å². The third kappa shape index (κ3) is 3.67. The standard InChI is InChI=1S/C23H15ClN2O5/c24-16-8-12-17(13-9-16)25-20(14-6-10-18(11-7-14)26(30)31)19(22(28)23(25)29)21(27)15-4-2-1-3-5-15/h1-13,20,27H/t20-/m1/s1. The average Bonchev–Trinajstić information content (AvgIpc) is 3.05. The number of nitro groups is 1. The molecular formula is C23H15ClN2O5. The summed E-state index contributed by atoms with van der Waals surface area (Å²) in [6.07, 6.45) is 0. The lowest BCUT2D eigenvalue weighted by Crippen LogP contribution is -2.29. The van der Waals surface area contributed by atoms with Crippen LogP contribution in [0.1, 0.15) is 17.2 Å². The molecular weight excluding hydrogens is 420 g/mol. The fourth-order valence-corrected chi connectivity index (χ4v) is 3.67. The first kappa shape index (κ1) is 20.3. The first-order valence-corrected chi connectivity index (χ1v) is 9.62. The summed E-state index contributed by atoms with van der Waals surface area (Å²) >= 11 is 5.96. The van der Waals surface area contributed by atoms with Gasteiger partial charge in [-0.1, -0.05) is 41.9 Å². The maximum atomic E-state index is 13.0. The molecule has 1 aliphatic rings. The minimum absolute atomic E-state index is 0.0972. The minimum atomic E-state index is -0.970. The van der Waals surface area contributed by atoms with E-state index in [-0.39, 0.29) is 17.0 Å². The Kier molecular flexibility index (Phi) is 5.27. The Morgan fingerprint density at radius 3 is 2.13 bits per heavy atom. The maximum absolute atomic E-state index is 13.0. The van der Waals surface area contributed by atoms with Gasteiger partial charge in [0.05, 0.1) is 16.5 Å². The molecule has 0 bridgehead atoms. The molecule has 7 nitrogen and oxygen atoms in total. The highest BCUT2D eigenvalue weighted by molar-refractivity contribution is 6.51. The van der Waals surface area contributed by atoms with Crippen LogP contribution in [0.3, 0.4) is 0 Å². The number of nitrogens with zero attached hydrogens (tertiary/aromatic N) is 2. The molecule has 1 saturated heterocycles. The normalized spacial score (nSPS) is 17.7. The molecule has 154 valence electrons. The van der Waals surface area contributed by atoms with Crippen LogP contribution in [0.25, 0.3) is 5.76 Å². The predicted octanol–water partition coefficient (Wildman–Crippen LogP) is 4.87. The van der Waals surface area contributed by atoms with Crippen LogP contribution in [0.15, 0.2) is 84.4 Å². The average molecular weight is 435 g/mol. The second-order valence-corrected chi connectivity index (χ2v) is 7.30. The van der Waals surface area contributed by atoms with Gasteiger partial charge < -0.3 is 5.11 Å². The molecule has 1 amide bonds. The van der Waals surface area contributed by atoms with Crippen LogP contribution in [-0.4, -0.2) is 21.7 Å². The number of ketones is 1. The van der Waals surface area contributed by atoms with Crippen molar-refractivity contribution < 1.29 is 19.6 Å². The Labute approximate surface area is 182 Å². The zero-order valence-electron chi connectivity index (χ0n) is 15.9. The van der Waals surface area contributed by atoms with Gasteiger partial charge in [0.25, 0.3) is 17.4 Å². The van der Waals surface area contributed by atoms with Gasteiger partial charge in [0.2, 0.25) is 0 Å². The maximum Gasteiger partial charge on any atom is 0.300 e. The summed E-state index contributed by atoms with van der Waals surface area (Å²) in [7, 11) is 0. The molecule has 0 radical (unpaired) electrons. The second kappa shape index (κ2) is 8.04. The number of rotatable bonds is 4. The number of Topliss-reactive ketones (excluding diaryl/α,β-unsaturated/α-hetero) is 1. The van der Waals surface area contributed by atoms with E-state index < -0.39 is 22.7 Å². The number of halogens is 1. The van der Waals surface area contributed by atoms with Crippen molar-refractivity contribution in [2.24, 2.45) is 0 Å². The van der Waals surface area contributed by atoms with E-state index in [1.165, 1.54) is 29.2 Å². The van der Waals surface area contributed by atoms with Crippen molar-refractivity contribution >= 4 is 40.4 Å². The van der Waals surface area contributed by atoms with Crippen molar-refractivity contribution in [1.82, 2.24) is 0 Å². The van der Waals surface area contributed by atoms with Gasteiger partial charge in [0, 0.05) is 28.4 Å². The van der Waals surface area contributed by atoms with Crippen molar-refractivity contribution in [3.8, 4) is 0 Å². The molecule has 4 rings (SSSR count). The Morgan fingerprint density at radius 2 is 1.55 bits per heavy atom. The van der Waals surface area contributed by atoms with Crippen molar-refractivity contribution in [3.05, 3.63) is 111 Å². The molecule has 0 aliphatic carbocycles. The van der Waals surface area contributed by atoms with Gasteiger partial charge >= 0.3 is 0 Å². The number of aliphatic hydroxyl groups is 1. The molecule has 8 heteroatoms. The lowest BCUT2D eigenvalue weighted by molar-refractivity contribution is -0.384. The van der Waals surface area contributed by atoms with E-state index in [0.29, 0.717) is 21.8 Å². The van der Waals surface area contributed by atoms with Crippen molar-refractivity contribution in [2.45, 2.75) is 6.04 Å². The molecule has 1 heterocycles. The van der Waals surface area contributed by atoms with Crippen molar-refractivity contribution in [1.29, 1.82) is 0 Å². The van der Waals surface area contributed by atoms with Crippen LogP contribution in [0.5, 0.6) is 0 Å². The second-order valence-electron chi connectivity index (χ2n) is 6.86. The number of benzene rings is 3. The first-order valence-electron chi connectivity index (χ1n) is 9.25. The van der Waals surface area contributed by atoms with Gasteiger partial charge in [-0.05, 0) is 42.0 Å². The predicted molar refractivity (Wildman–Crippen MR) is 116 cm³/mol. The number of carbonyl (C=O) groups excluding carboxylic acids is 2. The van der Waals surface area contributed by atoms with Crippen LogP contribution < -0.4 is 4.90 Å². The fraction of sp³-hybridized carbons (Fsp3) is 0.0435. The Hall–Kier alpha value is -3.97. The number of amides is 1.